The van der Waals surface area contributed by atoms with Gasteiger partial charge in [-0.05, 0) is 52.9 Å². The van der Waals surface area contributed by atoms with Gasteiger partial charge in [0.2, 0.25) is 6.29 Å². The molecule has 19 nitrogen and oxygen atoms in total. The third-order valence-corrected chi connectivity index (χ3v) is 16.5. The van der Waals surface area contributed by atoms with Crippen molar-refractivity contribution in [1.29, 1.82) is 0 Å². The summed E-state index contributed by atoms with van der Waals surface area (Å²) in [4.78, 5) is 26.6. The summed E-state index contributed by atoms with van der Waals surface area (Å²) in [6, 6.07) is 38.0. The van der Waals surface area contributed by atoms with E-state index in [1.165, 1.54) is 47.7 Å². The number of aliphatic hydroxyl groups is 4. The SMILES string of the molecule is CCC[C@H]1CO[C@@H](OC)C(Oc2cc(OC)c3c(c2)O[C@@]2(c4ccc(OC)cc4)[C@H](c4ccccc4)[C@@H](C(=O)OC)[C@@H](O)[C@@]32O)O1.COC(=O)[C@H]1[C@@H](O)[C@@]2(O)c3c(OC)cc(O)cc3O[C@@]2(c2ccc(OC)cc2)[C@@H]1c1ccccc1. The maximum atomic E-state index is 13.5. The molecule has 19 heteroatoms. The van der Waals surface area contributed by atoms with Crippen LogP contribution in [-0.2, 0) is 55.7 Å². The Hall–Kier alpha value is -7.62. The second kappa shape index (κ2) is 22.4. The number of fused-ring (bicyclic) bond motifs is 6. The molecule has 428 valence electrons. The van der Waals surface area contributed by atoms with Crippen molar-refractivity contribution >= 4 is 11.9 Å². The van der Waals surface area contributed by atoms with E-state index in [1.807, 2.05) is 60.7 Å². The summed E-state index contributed by atoms with van der Waals surface area (Å²) in [5.74, 6) is -3.58. The molecule has 0 bridgehead atoms. The highest BCUT2D eigenvalue weighted by atomic mass is 16.8. The molecule has 1 saturated heterocycles. The number of benzene rings is 6. The fourth-order valence-electron chi connectivity index (χ4n) is 13.1. The first kappa shape index (κ1) is 56.6. The zero-order valence-corrected chi connectivity index (χ0v) is 46.0. The second-order valence-corrected chi connectivity index (χ2v) is 20.4. The van der Waals surface area contributed by atoms with Crippen LogP contribution in [0.15, 0.2) is 133 Å². The summed E-state index contributed by atoms with van der Waals surface area (Å²) >= 11 is 0. The molecule has 0 amide bonds. The summed E-state index contributed by atoms with van der Waals surface area (Å²) in [5.41, 5.74) is -5.10. The molecule has 3 fully saturated rings. The topological polar surface area (TPSA) is 246 Å². The van der Waals surface area contributed by atoms with Crippen molar-refractivity contribution < 1.29 is 92.0 Å². The number of methoxy groups -OCH3 is 7. The summed E-state index contributed by atoms with van der Waals surface area (Å²) in [7, 11) is 9.93. The normalized spacial score (nSPS) is 30.1. The highest BCUT2D eigenvalue weighted by Gasteiger charge is 2.80. The van der Waals surface area contributed by atoms with Crippen LogP contribution in [0.1, 0.15) is 65.0 Å². The highest BCUT2D eigenvalue weighted by molar-refractivity contribution is 5.79. The molecule has 0 radical (unpaired) electrons. The monoisotopic (exact) mass is 1110 g/mol. The second-order valence-electron chi connectivity index (χ2n) is 20.4. The summed E-state index contributed by atoms with van der Waals surface area (Å²) in [6.07, 6.45) is -3.48. The molecule has 0 spiro atoms. The number of ether oxygens (including phenoxy) is 12. The molecule has 81 heavy (non-hydrogen) atoms. The first-order chi connectivity index (χ1) is 39.1. The van der Waals surface area contributed by atoms with Crippen LogP contribution in [0.3, 0.4) is 0 Å². The molecule has 1 unspecified atom stereocenters. The molecule has 0 aromatic heterocycles. The lowest BCUT2D eigenvalue weighted by Crippen LogP contribution is -2.52. The van der Waals surface area contributed by atoms with E-state index in [4.69, 9.17) is 56.8 Å². The number of phenolic OH excluding ortho intramolecular Hbond substituents is 1. The van der Waals surface area contributed by atoms with Crippen LogP contribution in [-0.4, -0.2) is 125 Å². The lowest BCUT2D eigenvalue weighted by molar-refractivity contribution is -0.313. The third kappa shape index (κ3) is 8.75. The molecular weight excluding hydrogens is 1050 g/mol. The van der Waals surface area contributed by atoms with Gasteiger partial charge < -0.3 is 82.4 Å². The Balaban J connectivity index is 0.000000189. The minimum absolute atomic E-state index is 0.120. The van der Waals surface area contributed by atoms with Crippen LogP contribution in [0.4, 0.5) is 0 Å². The fourth-order valence-corrected chi connectivity index (χ4v) is 13.1. The molecule has 6 aromatic rings. The van der Waals surface area contributed by atoms with Gasteiger partial charge in [0.25, 0.3) is 6.29 Å². The van der Waals surface area contributed by atoms with Crippen LogP contribution in [0.5, 0.6) is 46.0 Å². The number of aromatic hydroxyl groups is 1. The molecular formula is C62H66O19. The lowest BCUT2D eigenvalue weighted by Gasteiger charge is -2.40. The molecule has 5 N–H and O–H groups in total. The zero-order chi connectivity index (χ0) is 57.6. The van der Waals surface area contributed by atoms with E-state index >= 15 is 0 Å². The van der Waals surface area contributed by atoms with Crippen molar-refractivity contribution in [1.82, 2.24) is 0 Å². The Morgan fingerprint density at radius 1 is 0.568 bits per heavy atom. The van der Waals surface area contributed by atoms with Crippen molar-refractivity contribution in [2.75, 3.05) is 56.4 Å². The number of carbonyl (C=O) groups excluding carboxylic acids is 2. The zero-order valence-electron chi connectivity index (χ0n) is 46.0. The van der Waals surface area contributed by atoms with Crippen LogP contribution in [0.25, 0.3) is 0 Å². The van der Waals surface area contributed by atoms with Crippen molar-refractivity contribution in [2.45, 2.75) is 84.9 Å². The molecule has 2 aliphatic carbocycles. The van der Waals surface area contributed by atoms with Gasteiger partial charge in [-0.25, -0.2) is 0 Å². The van der Waals surface area contributed by atoms with Gasteiger partial charge in [0.1, 0.15) is 58.2 Å². The summed E-state index contributed by atoms with van der Waals surface area (Å²) in [6.45, 7) is 2.44. The van der Waals surface area contributed by atoms with Crippen LogP contribution >= 0.6 is 0 Å². The van der Waals surface area contributed by atoms with Crippen molar-refractivity contribution in [3.8, 4) is 46.0 Å². The maximum Gasteiger partial charge on any atom is 0.312 e. The number of hydrogen-bond donors (Lipinski definition) is 5. The lowest BCUT2D eigenvalue weighted by atomic mass is 9.70. The van der Waals surface area contributed by atoms with Gasteiger partial charge >= 0.3 is 11.9 Å². The minimum Gasteiger partial charge on any atom is -0.508 e. The van der Waals surface area contributed by atoms with Crippen molar-refractivity contribution in [2.24, 2.45) is 11.8 Å². The van der Waals surface area contributed by atoms with E-state index in [2.05, 4.69) is 6.92 Å². The summed E-state index contributed by atoms with van der Waals surface area (Å²) < 4.78 is 69.6. The van der Waals surface area contributed by atoms with Crippen molar-refractivity contribution in [3.05, 3.63) is 167 Å². The predicted molar refractivity (Wildman–Crippen MR) is 288 cm³/mol. The molecule has 11 rings (SSSR count). The Labute approximate surface area is 468 Å². The first-order valence-corrected chi connectivity index (χ1v) is 26.4. The van der Waals surface area contributed by atoms with Crippen LogP contribution in [0, 0.1) is 11.8 Å². The Bertz CT molecular complexity index is 3210. The van der Waals surface area contributed by atoms with E-state index in [0.717, 1.165) is 12.8 Å². The predicted octanol–water partition coefficient (Wildman–Crippen LogP) is 6.85. The molecule has 6 aromatic carbocycles. The Morgan fingerprint density at radius 2 is 1.02 bits per heavy atom. The highest BCUT2D eigenvalue weighted by Crippen LogP contribution is 2.72. The molecule has 3 aliphatic heterocycles. The summed E-state index contributed by atoms with van der Waals surface area (Å²) in [5, 5.41) is 59.8. The average Bonchev–Trinajstić information content (AvgIpc) is 3.22. The van der Waals surface area contributed by atoms with Gasteiger partial charge in [0.15, 0.2) is 22.4 Å². The maximum absolute atomic E-state index is 13.5. The number of carbonyl (C=O) groups is 2. The Morgan fingerprint density at radius 3 is 1.44 bits per heavy atom. The van der Waals surface area contributed by atoms with E-state index in [1.54, 1.807) is 74.9 Å². The number of rotatable bonds is 15. The van der Waals surface area contributed by atoms with E-state index in [9.17, 15) is 35.1 Å². The smallest absolute Gasteiger partial charge is 0.312 e. The minimum atomic E-state index is -2.19. The van der Waals surface area contributed by atoms with Gasteiger partial charge in [-0.15, -0.1) is 0 Å². The number of aliphatic hydroxyl groups excluding tert-OH is 2. The molecule has 2 saturated carbocycles. The van der Waals surface area contributed by atoms with Gasteiger partial charge in [0, 0.05) is 43.2 Å². The number of esters is 2. The van der Waals surface area contributed by atoms with E-state index < -0.39 is 82.8 Å². The van der Waals surface area contributed by atoms with E-state index in [-0.39, 0.29) is 46.0 Å². The standard InChI is InChI=1S/C35H40O11.C27H26O8/c1-6-10-23-19-43-32(42-5)33(44-23)45-24-17-25(40-3)29-26(18-24)46-35(21-13-15-22(39-2)16-14-21)28(20-11-8-7-9-12-20)27(31(37)41-4)30(36)34(29,35)38;1-32-18-11-9-16(10-12-18)27-22(15-7-5-4-6-8-15)21(25(30)34-3)24(29)26(27,31)23-19(33-2)13-17(28)14-20(23)35-27/h7-9,11-18,23,27-28,30,32-33,36,38H,6,10,19H2,1-5H3;4-14,21-22,24,28-29,31H,1-3H3/t23-,27+,28+,30+,32+,33?,34-,35-;21-,22-,24-,26+,27+/m01/s1. The number of phenols is 1. The average molecular weight is 1120 g/mol. The first-order valence-electron chi connectivity index (χ1n) is 26.4. The van der Waals surface area contributed by atoms with Crippen molar-refractivity contribution in [3.63, 3.8) is 0 Å². The molecule has 3 heterocycles. The molecule has 13 atom stereocenters. The Kier molecular flexibility index (Phi) is 15.6. The van der Waals surface area contributed by atoms with E-state index in [0.29, 0.717) is 46.1 Å². The van der Waals surface area contributed by atoms with Crippen LogP contribution in [0.2, 0.25) is 0 Å². The van der Waals surface area contributed by atoms with Gasteiger partial charge in [-0.1, -0.05) is 98.3 Å². The van der Waals surface area contributed by atoms with Crippen LogP contribution < -0.4 is 33.2 Å². The van der Waals surface area contributed by atoms with Gasteiger partial charge in [-0.2, -0.15) is 0 Å². The third-order valence-electron chi connectivity index (χ3n) is 16.5. The molecule has 5 aliphatic rings. The largest absolute Gasteiger partial charge is 0.508 e. The van der Waals surface area contributed by atoms with Gasteiger partial charge in [0.05, 0.1) is 78.3 Å². The fraction of sp³-hybridized carbons (Fsp3) is 0.387. The van der Waals surface area contributed by atoms with Gasteiger partial charge in [-0.3, -0.25) is 9.59 Å². The number of hydrogen-bond acceptors (Lipinski definition) is 19. The quantitative estimate of drug-likeness (QED) is 0.0660.